The third-order valence-electron chi connectivity index (χ3n) is 3.02. The van der Waals surface area contributed by atoms with Crippen molar-refractivity contribution >= 4 is 5.69 Å². The lowest BCUT2D eigenvalue weighted by molar-refractivity contribution is 0.754. The molecule has 0 aliphatic heterocycles. The van der Waals surface area contributed by atoms with Crippen LogP contribution in [-0.4, -0.2) is 19.7 Å². The number of aryl methyl sites for hydroxylation is 3. The fraction of sp³-hybridized carbons (Fsp3) is 0.462. The molecule has 0 aliphatic rings. The van der Waals surface area contributed by atoms with E-state index in [4.69, 9.17) is 5.73 Å². The Labute approximate surface area is 107 Å². The SMILES string of the molecule is CCc1nn(-c2nc(C)cnc2C)c(CC)c1N. The largest absolute Gasteiger partial charge is 0.396 e. The van der Waals surface area contributed by atoms with Gasteiger partial charge in [-0.25, -0.2) is 9.67 Å². The highest BCUT2D eigenvalue weighted by Crippen LogP contribution is 2.22. The van der Waals surface area contributed by atoms with Crippen molar-refractivity contribution in [3.63, 3.8) is 0 Å². The Morgan fingerprint density at radius 3 is 2.56 bits per heavy atom. The summed E-state index contributed by atoms with van der Waals surface area (Å²) in [6, 6.07) is 0. The normalized spacial score (nSPS) is 10.9. The van der Waals surface area contributed by atoms with E-state index in [1.807, 2.05) is 18.5 Å². The van der Waals surface area contributed by atoms with Crippen molar-refractivity contribution < 1.29 is 0 Å². The fourth-order valence-electron chi connectivity index (χ4n) is 2.02. The second-order valence-corrected chi connectivity index (χ2v) is 4.35. The maximum absolute atomic E-state index is 6.12. The van der Waals surface area contributed by atoms with E-state index in [1.165, 1.54) is 0 Å². The van der Waals surface area contributed by atoms with E-state index in [0.717, 1.165) is 47.1 Å². The molecule has 0 fully saturated rings. The molecule has 2 aromatic rings. The van der Waals surface area contributed by atoms with Gasteiger partial charge in [0.1, 0.15) is 0 Å². The van der Waals surface area contributed by atoms with Gasteiger partial charge < -0.3 is 5.73 Å². The highest BCUT2D eigenvalue weighted by Gasteiger charge is 2.16. The lowest BCUT2D eigenvalue weighted by Gasteiger charge is -2.08. The van der Waals surface area contributed by atoms with Crippen LogP contribution in [0.2, 0.25) is 0 Å². The smallest absolute Gasteiger partial charge is 0.175 e. The molecule has 0 aromatic carbocycles. The van der Waals surface area contributed by atoms with Crippen LogP contribution in [0.4, 0.5) is 5.69 Å². The summed E-state index contributed by atoms with van der Waals surface area (Å²) in [5.74, 6) is 0.776. The van der Waals surface area contributed by atoms with Gasteiger partial charge in [0, 0.05) is 6.20 Å². The van der Waals surface area contributed by atoms with Gasteiger partial charge in [-0.05, 0) is 26.7 Å². The molecule has 5 heteroatoms. The van der Waals surface area contributed by atoms with Crippen LogP contribution in [0.15, 0.2) is 6.20 Å². The maximum atomic E-state index is 6.12. The van der Waals surface area contributed by atoms with E-state index >= 15 is 0 Å². The molecule has 0 aliphatic carbocycles. The van der Waals surface area contributed by atoms with Crippen molar-refractivity contribution in [3.8, 4) is 5.82 Å². The molecule has 18 heavy (non-hydrogen) atoms. The summed E-state index contributed by atoms with van der Waals surface area (Å²) >= 11 is 0. The third-order valence-corrected chi connectivity index (χ3v) is 3.02. The first-order valence-corrected chi connectivity index (χ1v) is 6.25. The Hall–Kier alpha value is -1.91. The average molecular weight is 245 g/mol. The number of hydrogen-bond acceptors (Lipinski definition) is 4. The van der Waals surface area contributed by atoms with Gasteiger partial charge in [0.25, 0.3) is 0 Å². The molecule has 2 aromatic heterocycles. The van der Waals surface area contributed by atoms with Crippen LogP contribution in [0.25, 0.3) is 5.82 Å². The Morgan fingerprint density at radius 1 is 1.22 bits per heavy atom. The van der Waals surface area contributed by atoms with Gasteiger partial charge in [0.15, 0.2) is 5.82 Å². The molecule has 5 nitrogen and oxygen atoms in total. The van der Waals surface area contributed by atoms with Crippen LogP contribution in [0.3, 0.4) is 0 Å². The first kappa shape index (κ1) is 12.5. The monoisotopic (exact) mass is 245 g/mol. The van der Waals surface area contributed by atoms with E-state index in [9.17, 15) is 0 Å². The molecule has 0 saturated heterocycles. The minimum atomic E-state index is 0.776. The average Bonchev–Trinajstić information content (AvgIpc) is 2.68. The van der Waals surface area contributed by atoms with Crippen molar-refractivity contribution in [1.29, 1.82) is 0 Å². The second-order valence-electron chi connectivity index (χ2n) is 4.35. The minimum absolute atomic E-state index is 0.776. The van der Waals surface area contributed by atoms with Gasteiger partial charge in [-0.3, -0.25) is 4.98 Å². The number of nitrogens with zero attached hydrogens (tertiary/aromatic N) is 4. The van der Waals surface area contributed by atoms with Gasteiger partial charge >= 0.3 is 0 Å². The second kappa shape index (κ2) is 4.76. The van der Waals surface area contributed by atoms with Crippen LogP contribution in [0, 0.1) is 13.8 Å². The molecule has 0 saturated carbocycles. The highest BCUT2D eigenvalue weighted by molar-refractivity contribution is 5.51. The predicted molar refractivity (Wildman–Crippen MR) is 71.8 cm³/mol. The van der Waals surface area contributed by atoms with Gasteiger partial charge in [-0.1, -0.05) is 13.8 Å². The summed E-state index contributed by atoms with van der Waals surface area (Å²) in [5, 5.41) is 4.56. The Kier molecular flexibility index (Phi) is 3.32. The Bertz CT molecular complexity index is 571. The number of hydrogen-bond donors (Lipinski definition) is 1. The van der Waals surface area contributed by atoms with Crippen LogP contribution >= 0.6 is 0 Å². The summed E-state index contributed by atoms with van der Waals surface area (Å²) in [6.45, 7) is 7.99. The van der Waals surface area contributed by atoms with E-state index in [-0.39, 0.29) is 0 Å². The van der Waals surface area contributed by atoms with E-state index in [0.29, 0.717) is 0 Å². The number of anilines is 1. The first-order valence-electron chi connectivity index (χ1n) is 6.25. The molecule has 0 spiro atoms. The maximum Gasteiger partial charge on any atom is 0.175 e. The molecule has 96 valence electrons. The molecular formula is C13H19N5. The van der Waals surface area contributed by atoms with Crippen LogP contribution in [0.5, 0.6) is 0 Å². The van der Waals surface area contributed by atoms with Crippen LogP contribution in [-0.2, 0) is 12.8 Å². The van der Waals surface area contributed by atoms with Gasteiger partial charge in [0.2, 0.25) is 0 Å². The standard InChI is InChI=1S/C13H19N5/c1-5-10-12(14)11(6-2)18(17-10)13-9(4)15-7-8(3)16-13/h7H,5-6,14H2,1-4H3. The topological polar surface area (TPSA) is 69.6 Å². The fourth-order valence-corrected chi connectivity index (χ4v) is 2.02. The molecular weight excluding hydrogens is 226 g/mol. The molecule has 2 N–H and O–H groups in total. The first-order chi connectivity index (χ1) is 8.58. The molecule has 0 bridgehead atoms. The Balaban J connectivity index is 2.66. The van der Waals surface area contributed by atoms with Gasteiger partial charge in [-0.2, -0.15) is 5.10 Å². The zero-order valence-electron chi connectivity index (χ0n) is 11.4. The summed E-state index contributed by atoms with van der Waals surface area (Å²) in [4.78, 5) is 8.85. The molecule has 0 amide bonds. The summed E-state index contributed by atoms with van der Waals surface area (Å²) in [6.07, 6.45) is 3.41. The Morgan fingerprint density at radius 2 is 1.94 bits per heavy atom. The van der Waals surface area contributed by atoms with Crippen molar-refractivity contribution in [3.05, 3.63) is 29.0 Å². The molecule has 2 heterocycles. The third kappa shape index (κ3) is 1.96. The van der Waals surface area contributed by atoms with E-state index in [2.05, 4.69) is 28.9 Å². The minimum Gasteiger partial charge on any atom is -0.396 e. The highest BCUT2D eigenvalue weighted by atomic mass is 15.3. The molecule has 0 atom stereocenters. The van der Waals surface area contributed by atoms with Crippen LogP contribution < -0.4 is 5.73 Å². The lowest BCUT2D eigenvalue weighted by atomic mass is 10.2. The molecule has 0 unspecified atom stereocenters. The molecule has 0 radical (unpaired) electrons. The zero-order valence-corrected chi connectivity index (χ0v) is 11.4. The zero-order chi connectivity index (χ0) is 13.3. The number of nitrogens with two attached hydrogens (primary N) is 1. The van der Waals surface area contributed by atoms with Gasteiger partial charge in [-0.15, -0.1) is 0 Å². The summed E-state index contributed by atoms with van der Waals surface area (Å²) in [7, 11) is 0. The predicted octanol–water partition coefficient (Wildman–Crippen LogP) is 1.99. The van der Waals surface area contributed by atoms with Crippen molar-refractivity contribution in [1.82, 2.24) is 19.7 Å². The quantitative estimate of drug-likeness (QED) is 0.897. The number of aromatic nitrogens is 4. The summed E-state index contributed by atoms with van der Waals surface area (Å²) < 4.78 is 1.84. The van der Waals surface area contributed by atoms with E-state index in [1.54, 1.807) is 6.20 Å². The van der Waals surface area contributed by atoms with Crippen LogP contribution in [0.1, 0.15) is 36.6 Å². The lowest BCUT2D eigenvalue weighted by Crippen LogP contribution is -2.09. The van der Waals surface area contributed by atoms with Crippen molar-refractivity contribution in [2.75, 3.05) is 5.73 Å². The van der Waals surface area contributed by atoms with E-state index < -0.39 is 0 Å². The number of rotatable bonds is 3. The van der Waals surface area contributed by atoms with Gasteiger partial charge in [0.05, 0.1) is 28.5 Å². The number of nitrogen functional groups attached to an aromatic ring is 1. The molecule has 2 rings (SSSR count). The van der Waals surface area contributed by atoms with Crippen molar-refractivity contribution in [2.24, 2.45) is 0 Å². The van der Waals surface area contributed by atoms with Crippen molar-refractivity contribution in [2.45, 2.75) is 40.5 Å². The summed E-state index contributed by atoms with van der Waals surface area (Å²) in [5.41, 5.74) is 10.6.